The largest absolute Gasteiger partial charge is 0.497 e. The number of carbonyl (C=O) groups excluding carboxylic acids is 1. The number of nitrogens with one attached hydrogen (secondary N) is 1. The summed E-state index contributed by atoms with van der Waals surface area (Å²) in [5, 5.41) is 3.15. The molecule has 1 saturated carbocycles. The highest BCUT2D eigenvalue weighted by Gasteiger charge is 2.33. The van der Waals surface area contributed by atoms with Gasteiger partial charge in [-0.2, -0.15) is 0 Å². The van der Waals surface area contributed by atoms with E-state index in [0.29, 0.717) is 12.3 Å². The highest BCUT2D eigenvalue weighted by molar-refractivity contribution is 5.76. The number of benzene rings is 1. The van der Waals surface area contributed by atoms with Crippen molar-refractivity contribution in [2.24, 2.45) is 5.92 Å². The van der Waals surface area contributed by atoms with Gasteiger partial charge < -0.3 is 10.1 Å². The van der Waals surface area contributed by atoms with Gasteiger partial charge >= 0.3 is 0 Å². The zero-order valence-corrected chi connectivity index (χ0v) is 11.1. The minimum absolute atomic E-state index is 0.158. The summed E-state index contributed by atoms with van der Waals surface area (Å²) in [4.78, 5) is 11.7. The normalized spacial score (nSPS) is 16.1. The van der Waals surface area contributed by atoms with Crippen molar-refractivity contribution in [3.8, 4) is 5.75 Å². The van der Waals surface area contributed by atoms with Gasteiger partial charge in [-0.1, -0.05) is 19.1 Å². The molecule has 1 aromatic carbocycles. The highest BCUT2D eigenvalue weighted by Crippen LogP contribution is 2.41. The number of rotatable bonds is 6. The molecule has 0 radical (unpaired) electrons. The molecular weight excluding hydrogens is 226 g/mol. The molecule has 2 rings (SSSR count). The summed E-state index contributed by atoms with van der Waals surface area (Å²) < 4.78 is 5.16. The second kappa shape index (κ2) is 5.89. The molecule has 0 aromatic heterocycles. The monoisotopic (exact) mass is 247 g/mol. The minimum atomic E-state index is 0.158. The van der Waals surface area contributed by atoms with Crippen LogP contribution in [-0.2, 0) is 4.79 Å². The summed E-state index contributed by atoms with van der Waals surface area (Å²) >= 11 is 0. The number of carbonyl (C=O) groups is 1. The molecule has 1 atom stereocenters. The Morgan fingerprint density at radius 2 is 2.06 bits per heavy atom. The molecular formula is C15H21NO2. The van der Waals surface area contributed by atoms with Crippen molar-refractivity contribution in [3.63, 3.8) is 0 Å². The first kappa shape index (κ1) is 12.9. The van der Waals surface area contributed by atoms with Crippen molar-refractivity contribution < 1.29 is 9.53 Å². The van der Waals surface area contributed by atoms with Crippen LogP contribution in [0.15, 0.2) is 24.3 Å². The molecule has 1 aliphatic carbocycles. The average molecular weight is 247 g/mol. The lowest BCUT2D eigenvalue weighted by Gasteiger charge is -2.19. The molecule has 1 aliphatic rings. The fraction of sp³-hybridized carbons (Fsp3) is 0.533. The molecule has 0 saturated heterocycles. The van der Waals surface area contributed by atoms with E-state index in [4.69, 9.17) is 4.74 Å². The van der Waals surface area contributed by atoms with Crippen molar-refractivity contribution in [1.29, 1.82) is 0 Å². The number of hydrogen-bond donors (Lipinski definition) is 1. The van der Waals surface area contributed by atoms with Crippen molar-refractivity contribution in [2.45, 2.75) is 38.6 Å². The van der Waals surface area contributed by atoms with E-state index in [1.807, 2.05) is 31.2 Å². The van der Waals surface area contributed by atoms with Crippen LogP contribution in [0, 0.1) is 5.92 Å². The van der Waals surface area contributed by atoms with Crippen molar-refractivity contribution in [1.82, 2.24) is 5.32 Å². The van der Waals surface area contributed by atoms with E-state index in [0.717, 1.165) is 12.2 Å². The smallest absolute Gasteiger partial charge is 0.220 e. The maximum absolute atomic E-state index is 11.7. The quantitative estimate of drug-likeness (QED) is 0.839. The van der Waals surface area contributed by atoms with Crippen LogP contribution in [0.5, 0.6) is 5.75 Å². The minimum Gasteiger partial charge on any atom is -0.497 e. The molecule has 98 valence electrons. The third-order valence-electron chi connectivity index (χ3n) is 3.36. The third-order valence-corrected chi connectivity index (χ3v) is 3.36. The van der Waals surface area contributed by atoms with Gasteiger partial charge in [-0.3, -0.25) is 4.79 Å². The van der Waals surface area contributed by atoms with Crippen LogP contribution >= 0.6 is 0 Å². The molecule has 3 heteroatoms. The summed E-state index contributed by atoms with van der Waals surface area (Å²) in [7, 11) is 1.66. The van der Waals surface area contributed by atoms with Crippen LogP contribution in [0.3, 0.4) is 0 Å². The van der Waals surface area contributed by atoms with Gasteiger partial charge in [-0.25, -0.2) is 0 Å². The van der Waals surface area contributed by atoms with E-state index in [2.05, 4.69) is 5.32 Å². The molecule has 1 amide bonds. The standard InChI is InChI=1S/C15H21NO2/c1-3-4-14(17)16-15(11-5-6-11)12-7-9-13(18-2)10-8-12/h7-11,15H,3-6H2,1-2H3,(H,16,17). The lowest BCUT2D eigenvalue weighted by atomic mass is 10.0. The Labute approximate surface area is 109 Å². The lowest BCUT2D eigenvalue weighted by Crippen LogP contribution is -2.29. The fourth-order valence-corrected chi connectivity index (χ4v) is 2.19. The van der Waals surface area contributed by atoms with E-state index in [-0.39, 0.29) is 11.9 Å². The molecule has 1 aromatic rings. The van der Waals surface area contributed by atoms with Crippen molar-refractivity contribution in [2.75, 3.05) is 7.11 Å². The van der Waals surface area contributed by atoms with Crippen molar-refractivity contribution >= 4 is 5.91 Å². The van der Waals surface area contributed by atoms with Crippen LogP contribution in [0.4, 0.5) is 0 Å². The van der Waals surface area contributed by atoms with Crippen LogP contribution in [0.25, 0.3) is 0 Å². The summed E-state index contributed by atoms with van der Waals surface area (Å²) in [6.45, 7) is 2.03. The van der Waals surface area contributed by atoms with E-state index in [1.165, 1.54) is 18.4 Å². The molecule has 0 spiro atoms. The number of amides is 1. The van der Waals surface area contributed by atoms with Gasteiger partial charge in [-0.05, 0) is 42.9 Å². The number of hydrogen-bond acceptors (Lipinski definition) is 2. The predicted molar refractivity (Wildman–Crippen MR) is 71.5 cm³/mol. The summed E-state index contributed by atoms with van der Waals surface area (Å²) in [6.07, 6.45) is 3.93. The maximum Gasteiger partial charge on any atom is 0.220 e. The zero-order valence-electron chi connectivity index (χ0n) is 11.1. The van der Waals surface area contributed by atoms with Gasteiger partial charge in [0.05, 0.1) is 13.2 Å². The highest BCUT2D eigenvalue weighted by atomic mass is 16.5. The predicted octanol–water partition coefficient (Wildman–Crippen LogP) is 3.06. The molecule has 1 fully saturated rings. The van der Waals surface area contributed by atoms with Crippen LogP contribution in [-0.4, -0.2) is 13.0 Å². The number of methoxy groups -OCH3 is 1. The molecule has 18 heavy (non-hydrogen) atoms. The van der Waals surface area contributed by atoms with Gasteiger partial charge in [0.1, 0.15) is 5.75 Å². The third kappa shape index (κ3) is 3.25. The maximum atomic E-state index is 11.7. The molecule has 1 N–H and O–H groups in total. The first-order valence-corrected chi connectivity index (χ1v) is 6.68. The SMILES string of the molecule is CCCC(=O)NC(c1ccc(OC)cc1)C1CC1. The van der Waals surface area contributed by atoms with Gasteiger partial charge in [-0.15, -0.1) is 0 Å². The Kier molecular flexibility index (Phi) is 4.24. The Morgan fingerprint density at radius 1 is 1.39 bits per heavy atom. The second-order valence-electron chi connectivity index (χ2n) is 4.91. The van der Waals surface area contributed by atoms with Gasteiger partial charge in [0, 0.05) is 6.42 Å². The molecule has 0 heterocycles. The topological polar surface area (TPSA) is 38.3 Å². The average Bonchev–Trinajstić information content (AvgIpc) is 3.21. The fourth-order valence-electron chi connectivity index (χ4n) is 2.19. The summed E-state index contributed by atoms with van der Waals surface area (Å²) in [5.74, 6) is 1.62. The van der Waals surface area contributed by atoms with E-state index in [1.54, 1.807) is 7.11 Å². The van der Waals surface area contributed by atoms with Gasteiger partial charge in [0.25, 0.3) is 0 Å². The summed E-state index contributed by atoms with van der Waals surface area (Å²) in [6, 6.07) is 8.19. The summed E-state index contributed by atoms with van der Waals surface area (Å²) in [5.41, 5.74) is 1.18. The Balaban J connectivity index is 2.06. The van der Waals surface area contributed by atoms with E-state index >= 15 is 0 Å². The second-order valence-corrected chi connectivity index (χ2v) is 4.91. The van der Waals surface area contributed by atoms with Gasteiger partial charge in [0.15, 0.2) is 0 Å². The van der Waals surface area contributed by atoms with Gasteiger partial charge in [0.2, 0.25) is 5.91 Å². The van der Waals surface area contributed by atoms with E-state index in [9.17, 15) is 4.79 Å². The molecule has 3 nitrogen and oxygen atoms in total. The Morgan fingerprint density at radius 3 is 2.56 bits per heavy atom. The first-order valence-electron chi connectivity index (χ1n) is 6.68. The van der Waals surface area contributed by atoms with Crippen molar-refractivity contribution in [3.05, 3.63) is 29.8 Å². The van der Waals surface area contributed by atoms with Crippen LogP contribution in [0.1, 0.15) is 44.2 Å². The Hall–Kier alpha value is -1.51. The van der Waals surface area contributed by atoms with Crippen LogP contribution in [0.2, 0.25) is 0 Å². The Bertz CT molecular complexity index is 395. The van der Waals surface area contributed by atoms with E-state index < -0.39 is 0 Å². The lowest BCUT2D eigenvalue weighted by molar-refractivity contribution is -0.122. The zero-order chi connectivity index (χ0) is 13.0. The van der Waals surface area contributed by atoms with Crippen LogP contribution < -0.4 is 10.1 Å². The molecule has 1 unspecified atom stereocenters. The number of ether oxygens (including phenoxy) is 1. The molecule has 0 bridgehead atoms. The molecule has 0 aliphatic heterocycles. The first-order chi connectivity index (χ1) is 8.74.